The number of hydrogen-bond acceptors (Lipinski definition) is 2. The maximum atomic E-state index is 6.79. The zero-order chi connectivity index (χ0) is 28.2. The second-order valence-electron chi connectivity index (χ2n) is 11.1. The highest BCUT2D eigenvalue weighted by Crippen LogP contribution is 2.46. The van der Waals surface area contributed by atoms with E-state index in [1.165, 1.54) is 21.9 Å². The normalized spacial score (nSPS) is 11.8. The van der Waals surface area contributed by atoms with Crippen molar-refractivity contribution in [1.82, 2.24) is 0 Å². The molecular formula is C40H30O2. The van der Waals surface area contributed by atoms with Crippen LogP contribution in [0.25, 0.3) is 77.3 Å². The van der Waals surface area contributed by atoms with Crippen molar-refractivity contribution in [3.05, 3.63) is 132 Å². The molecule has 0 fully saturated rings. The van der Waals surface area contributed by atoms with Crippen molar-refractivity contribution >= 4 is 43.5 Å². The highest BCUT2D eigenvalue weighted by molar-refractivity contribution is 6.21. The van der Waals surface area contributed by atoms with Crippen LogP contribution in [-0.4, -0.2) is 0 Å². The van der Waals surface area contributed by atoms with Gasteiger partial charge in [-0.3, -0.25) is 0 Å². The van der Waals surface area contributed by atoms with Gasteiger partial charge >= 0.3 is 0 Å². The summed E-state index contributed by atoms with van der Waals surface area (Å²) in [6.45, 7) is 4.36. The Bertz CT molecular complexity index is 2080. The zero-order valence-electron chi connectivity index (χ0n) is 23.8. The molecule has 202 valence electrons. The van der Waals surface area contributed by atoms with Crippen LogP contribution < -0.4 is 0 Å². The van der Waals surface area contributed by atoms with E-state index in [9.17, 15) is 0 Å². The Hall–Kier alpha value is -5.08. The van der Waals surface area contributed by atoms with Crippen LogP contribution in [-0.2, 0) is 12.8 Å². The van der Waals surface area contributed by atoms with Crippen LogP contribution >= 0.6 is 0 Å². The third-order valence-corrected chi connectivity index (χ3v) is 8.60. The smallest absolute Gasteiger partial charge is 0.143 e. The summed E-state index contributed by atoms with van der Waals surface area (Å²) in [4.78, 5) is 0. The summed E-state index contributed by atoms with van der Waals surface area (Å²) in [5, 5.41) is 6.82. The topological polar surface area (TPSA) is 26.3 Å². The molecule has 0 amide bonds. The van der Waals surface area contributed by atoms with E-state index in [1.54, 1.807) is 0 Å². The quantitative estimate of drug-likeness (QED) is 0.216. The van der Waals surface area contributed by atoms with Crippen LogP contribution in [0.1, 0.15) is 25.0 Å². The van der Waals surface area contributed by atoms with Crippen LogP contribution in [0.2, 0.25) is 0 Å². The van der Waals surface area contributed by atoms with Gasteiger partial charge in [0.05, 0.1) is 0 Å². The SMILES string of the molecule is CCc1ccc(-c2cc3cc4ccccc4c(-c4c5ccccc5cc5cc(-c6ccc(CC)cc6)oc45)c3o2)cc1. The summed E-state index contributed by atoms with van der Waals surface area (Å²) in [5.74, 6) is 1.74. The number of benzene rings is 6. The Morgan fingerprint density at radius 1 is 0.429 bits per heavy atom. The molecule has 2 heterocycles. The van der Waals surface area contributed by atoms with Crippen molar-refractivity contribution in [2.75, 3.05) is 0 Å². The number of aryl methyl sites for hydroxylation is 2. The van der Waals surface area contributed by atoms with E-state index in [1.807, 2.05) is 0 Å². The lowest BCUT2D eigenvalue weighted by atomic mass is 9.91. The number of rotatable bonds is 5. The molecule has 42 heavy (non-hydrogen) atoms. The monoisotopic (exact) mass is 542 g/mol. The first-order valence-corrected chi connectivity index (χ1v) is 14.8. The van der Waals surface area contributed by atoms with Crippen LogP contribution in [0.5, 0.6) is 0 Å². The van der Waals surface area contributed by atoms with Crippen molar-refractivity contribution in [1.29, 1.82) is 0 Å². The van der Waals surface area contributed by atoms with E-state index in [0.29, 0.717) is 0 Å². The lowest BCUT2D eigenvalue weighted by Crippen LogP contribution is -1.87. The first kappa shape index (κ1) is 24.7. The molecule has 0 unspecified atom stereocenters. The molecule has 0 atom stereocenters. The Morgan fingerprint density at radius 3 is 1.24 bits per heavy atom. The average Bonchev–Trinajstić information content (AvgIpc) is 3.67. The number of hydrogen-bond donors (Lipinski definition) is 0. The van der Waals surface area contributed by atoms with Gasteiger partial charge in [0.1, 0.15) is 22.7 Å². The molecule has 8 rings (SSSR count). The lowest BCUT2D eigenvalue weighted by Gasteiger charge is -2.12. The summed E-state index contributed by atoms with van der Waals surface area (Å²) < 4.78 is 13.6. The molecule has 2 heteroatoms. The van der Waals surface area contributed by atoms with Crippen molar-refractivity contribution in [2.24, 2.45) is 0 Å². The van der Waals surface area contributed by atoms with E-state index in [4.69, 9.17) is 8.83 Å². The highest BCUT2D eigenvalue weighted by Gasteiger charge is 2.22. The van der Waals surface area contributed by atoms with Gasteiger partial charge in [0.25, 0.3) is 0 Å². The van der Waals surface area contributed by atoms with Gasteiger partial charge in [-0.2, -0.15) is 0 Å². The summed E-state index contributed by atoms with van der Waals surface area (Å²) in [7, 11) is 0. The summed E-state index contributed by atoms with van der Waals surface area (Å²) in [6.07, 6.45) is 2.03. The molecule has 2 nitrogen and oxygen atoms in total. The number of furan rings is 2. The minimum atomic E-state index is 0.872. The van der Waals surface area contributed by atoms with E-state index >= 15 is 0 Å². The molecule has 8 aromatic rings. The Kier molecular flexibility index (Phi) is 5.75. The molecule has 0 bridgehead atoms. The standard InChI is InChI=1S/C40H30O2/c1-3-25-13-17-27(18-14-25)35-23-31-21-29-9-5-7-11-33(29)37(39(31)41-35)38-34-12-8-6-10-30(34)22-32-24-36(42-40(32)38)28-19-15-26(4-2)16-20-28/h5-24H,3-4H2,1-2H3. The van der Waals surface area contributed by atoms with E-state index in [2.05, 4.69) is 135 Å². The Morgan fingerprint density at radius 2 is 0.833 bits per heavy atom. The van der Waals surface area contributed by atoms with Gasteiger partial charge in [-0.15, -0.1) is 0 Å². The molecule has 2 aromatic heterocycles. The van der Waals surface area contributed by atoms with Crippen LogP contribution in [0.3, 0.4) is 0 Å². The van der Waals surface area contributed by atoms with Gasteiger partial charge in [-0.1, -0.05) is 111 Å². The van der Waals surface area contributed by atoms with Gasteiger partial charge in [-0.05, 0) is 69.8 Å². The maximum absolute atomic E-state index is 6.79. The Balaban J connectivity index is 1.45. The summed E-state index contributed by atoms with van der Waals surface area (Å²) >= 11 is 0. The van der Waals surface area contributed by atoms with Crippen molar-refractivity contribution in [3.8, 4) is 33.8 Å². The van der Waals surface area contributed by atoms with Gasteiger partial charge in [-0.25, -0.2) is 0 Å². The fourth-order valence-electron chi connectivity index (χ4n) is 6.29. The lowest BCUT2D eigenvalue weighted by molar-refractivity contribution is 0.628. The first-order valence-electron chi connectivity index (χ1n) is 14.8. The number of fused-ring (bicyclic) bond motifs is 4. The largest absolute Gasteiger partial charge is 0.455 e. The minimum absolute atomic E-state index is 0.872. The average molecular weight is 543 g/mol. The van der Waals surface area contributed by atoms with E-state index in [0.717, 1.165) is 79.3 Å². The van der Waals surface area contributed by atoms with Crippen molar-refractivity contribution < 1.29 is 8.83 Å². The minimum Gasteiger partial charge on any atom is -0.455 e. The second kappa shape index (κ2) is 9.78. The molecule has 6 aromatic carbocycles. The van der Waals surface area contributed by atoms with Gasteiger partial charge < -0.3 is 8.83 Å². The van der Waals surface area contributed by atoms with Crippen LogP contribution in [0.15, 0.2) is 130 Å². The Labute approximate surface area is 244 Å². The predicted octanol–water partition coefficient (Wildman–Crippen LogP) is 11.6. The van der Waals surface area contributed by atoms with Gasteiger partial charge in [0.15, 0.2) is 0 Å². The molecule has 0 saturated carbocycles. The van der Waals surface area contributed by atoms with Crippen LogP contribution in [0.4, 0.5) is 0 Å². The summed E-state index contributed by atoms with van der Waals surface area (Å²) in [6, 6.07) is 43.4. The molecule has 0 aliphatic heterocycles. The highest BCUT2D eigenvalue weighted by atomic mass is 16.3. The molecule has 0 aliphatic rings. The second-order valence-corrected chi connectivity index (χ2v) is 11.1. The molecule has 0 aliphatic carbocycles. The fraction of sp³-hybridized carbons (Fsp3) is 0.100. The zero-order valence-corrected chi connectivity index (χ0v) is 23.8. The van der Waals surface area contributed by atoms with E-state index in [-0.39, 0.29) is 0 Å². The third-order valence-electron chi connectivity index (χ3n) is 8.60. The van der Waals surface area contributed by atoms with Crippen molar-refractivity contribution in [2.45, 2.75) is 26.7 Å². The van der Waals surface area contributed by atoms with Gasteiger partial charge in [0, 0.05) is 33.0 Å². The molecule has 0 spiro atoms. The molecule has 0 N–H and O–H groups in total. The molecule has 0 radical (unpaired) electrons. The molecular weight excluding hydrogens is 512 g/mol. The maximum Gasteiger partial charge on any atom is 0.143 e. The van der Waals surface area contributed by atoms with Crippen LogP contribution in [0, 0.1) is 0 Å². The summed E-state index contributed by atoms with van der Waals surface area (Å²) in [5.41, 5.74) is 8.70. The van der Waals surface area contributed by atoms with E-state index < -0.39 is 0 Å². The van der Waals surface area contributed by atoms with Gasteiger partial charge in [0.2, 0.25) is 0 Å². The fourth-order valence-corrected chi connectivity index (χ4v) is 6.29. The van der Waals surface area contributed by atoms with Crippen molar-refractivity contribution in [3.63, 3.8) is 0 Å². The molecule has 0 saturated heterocycles. The predicted molar refractivity (Wildman–Crippen MR) is 176 cm³/mol. The third kappa shape index (κ3) is 3.94. The first-order chi connectivity index (χ1) is 20.7.